The maximum atomic E-state index is 12.0. The van der Waals surface area contributed by atoms with Crippen molar-refractivity contribution in [1.29, 1.82) is 0 Å². The van der Waals surface area contributed by atoms with Crippen LogP contribution in [0.15, 0.2) is 42.5 Å². The first kappa shape index (κ1) is 19.5. The Labute approximate surface area is 182 Å². The third-order valence-electron chi connectivity index (χ3n) is 6.40. The molecule has 3 aromatic rings. The second kappa shape index (κ2) is 8.36. The van der Waals surface area contributed by atoms with Gasteiger partial charge in [0.05, 0.1) is 4.70 Å². The summed E-state index contributed by atoms with van der Waals surface area (Å²) in [6.07, 6.45) is 1.65. The van der Waals surface area contributed by atoms with E-state index in [0.29, 0.717) is 6.42 Å². The van der Waals surface area contributed by atoms with Crippen molar-refractivity contribution < 1.29 is 4.79 Å². The zero-order chi connectivity index (χ0) is 20.5. The van der Waals surface area contributed by atoms with Gasteiger partial charge in [0.25, 0.3) is 0 Å². The molecule has 156 valence electrons. The number of carbonyl (C=O) groups is 1. The van der Waals surface area contributed by atoms with E-state index in [1.54, 1.807) is 11.5 Å². The molecule has 2 aliphatic rings. The molecule has 6 heteroatoms. The molecule has 0 unspecified atom stereocenters. The van der Waals surface area contributed by atoms with Gasteiger partial charge in [0.2, 0.25) is 5.91 Å². The minimum absolute atomic E-state index is 0.249. The molecule has 0 saturated carbocycles. The molecule has 5 nitrogen and oxygen atoms in total. The van der Waals surface area contributed by atoms with Crippen LogP contribution in [0.5, 0.6) is 0 Å². The number of nitrogens with zero attached hydrogens (tertiary/aromatic N) is 4. The summed E-state index contributed by atoms with van der Waals surface area (Å²) in [7, 11) is 0. The molecule has 0 spiro atoms. The second-order valence-corrected chi connectivity index (χ2v) is 9.09. The molecule has 1 aromatic heterocycles. The average Bonchev–Trinajstić information content (AvgIpc) is 3.41. The lowest BCUT2D eigenvalue weighted by Gasteiger charge is -2.35. The Hall–Kier alpha value is -2.44. The van der Waals surface area contributed by atoms with Gasteiger partial charge in [-0.3, -0.25) is 9.69 Å². The number of hydrogen-bond donors (Lipinski definition) is 0. The van der Waals surface area contributed by atoms with Crippen LogP contribution in [0.3, 0.4) is 0 Å². The van der Waals surface area contributed by atoms with E-state index in [1.807, 2.05) is 11.8 Å². The van der Waals surface area contributed by atoms with Crippen molar-refractivity contribution in [2.24, 2.45) is 0 Å². The molecule has 30 heavy (non-hydrogen) atoms. The van der Waals surface area contributed by atoms with E-state index in [4.69, 9.17) is 4.37 Å². The van der Waals surface area contributed by atoms with Crippen LogP contribution in [-0.4, -0.2) is 52.8 Å². The SMILES string of the molecule is CCC(=O)N1Cc2ccc(CCN3CCN(c4nsc5ccccc45)CC3)cc2C1. The van der Waals surface area contributed by atoms with Crippen molar-refractivity contribution >= 4 is 33.3 Å². The molecule has 0 bridgehead atoms. The number of aromatic nitrogens is 1. The molecule has 5 rings (SSSR count). The van der Waals surface area contributed by atoms with Gasteiger partial charge in [-0.25, -0.2) is 0 Å². The minimum atomic E-state index is 0.249. The number of hydrogen-bond acceptors (Lipinski definition) is 5. The van der Waals surface area contributed by atoms with Crippen molar-refractivity contribution in [3.63, 3.8) is 0 Å². The first-order valence-electron chi connectivity index (χ1n) is 10.9. The Bertz CT molecular complexity index is 1050. The number of piperazine rings is 1. The fourth-order valence-corrected chi connectivity index (χ4v) is 5.37. The Balaban J connectivity index is 1.15. The van der Waals surface area contributed by atoms with Crippen LogP contribution < -0.4 is 4.90 Å². The van der Waals surface area contributed by atoms with Crippen molar-refractivity contribution in [2.45, 2.75) is 32.9 Å². The summed E-state index contributed by atoms with van der Waals surface area (Å²) in [5, 5.41) is 1.28. The quantitative estimate of drug-likeness (QED) is 0.627. The van der Waals surface area contributed by atoms with Crippen molar-refractivity contribution in [1.82, 2.24) is 14.2 Å². The normalized spacial score (nSPS) is 17.0. The summed E-state index contributed by atoms with van der Waals surface area (Å²) in [4.78, 5) is 19.0. The number of anilines is 1. The standard InChI is InChI=1S/C24H28N4OS/c1-2-23(29)28-16-19-8-7-18(15-20(19)17-28)9-10-26-11-13-27(14-12-26)24-21-5-3-4-6-22(21)30-25-24/h3-8,15H,2,9-14,16-17H2,1H3. The van der Waals surface area contributed by atoms with E-state index in [-0.39, 0.29) is 5.91 Å². The zero-order valence-electron chi connectivity index (χ0n) is 17.5. The van der Waals surface area contributed by atoms with Gasteiger partial charge in [-0.05, 0) is 46.8 Å². The molecule has 1 amide bonds. The molecule has 0 N–H and O–H groups in total. The first-order chi connectivity index (χ1) is 14.7. The van der Waals surface area contributed by atoms with Crippen LogP contribution in [0.25, 0.3) is 10.1 Å². The lowest BCUT2D eigenvalue weighted by molar-refractivity contribution is -0.131. The molecule has 0 atom stereocenters. The largest absolute Gasteiger partial charge is 0.353 e. The fourth-order valence-electron chi connectivity index (χ4n) is 4.57. The van der Waals surface area contributed by atoms with E-state index in [0.717, 1.165) is 58.1 Å². The molecule has 3 heterocycles. The lowest BCUT2D eigenvalue weighted by Crippen LogP contribution is -2.47. The highest BCUT2D eigenvalue weighted by Crippen LogP contribution is 2.30. The highest BCUT2D eigenvalue weighted by molar-refractivity contribution is 7.13. The summed E-state index contributed by atoms with van der Waals surface area (Å²) < 4.78 is 5.99. The molecular formula is C24H28N4OS. The van der Waals surface area contributed by atoms with Crippen LogP contribution in [-0.2, 0) is 24.3 Å². The third kappa shape index (κ3) is 3.82. The summed E-state index contributed by atoms with van der Waals surface area (Å²) in [5.74, 6) is 1.40. The number of benzene rings is 2. The molecule has 2 aliphatic heterocycles. The van der Waals surface area contributed by atoms with E-state index in [1.165, 1.54) is 26.8 Å². The van der Waals surface area contributed by atoms with Gasteiger partial charge in [0.1, 0.15) is 5.82 Å². The Morgan fingerprint density at radius 2 is 1.83 bits per heavy atom. The average molecular weight is 421 g/mol. The summed E-state index contributed by atoms with van der Waals surface area (Å²) >= 11 is 1.60. The van der Waals surface area contributed by atoms with Crippen molar-refractivity contribution in [3.05, 3.63) is 59.2 Å². The highest BCUT2D eigenvalue weighted by Gasteiger charge is 2.23. The second-order valence-electron chi connectivity index (χ2n) is 8.29. The van der Waals surface area contributed by atoms with Crippen molar-refractivity contribution in [2.75, 3.05) is 37.6 Å². The van der Waals surface area contributed by atoms with E-state index >= 15 is 0 Å². The van der Waals surface area contributed by atoms with Crippen LogP contribution in [0, 0.1) is 0 Å². The molecule has 2 aromatic carbocycles. The zero-order valence-corrected chi connectivity index (χ0v) is 18.3. The van der Waals surface area contributed by atoms with Gasteiger partial charge in [0, 0.05) is 57.6 Å². The van der Waals surface area contributed by atoms with E-state index in [9.17, 15) is 4.79 Å². The monoisotopic (exact) mass is 420 g/mol. The number of carbonyl (C=O) groups excluding carboxylic acids is 1. The fraction of sp³-hybridized carbons (Fsp3) is 0.417. The van der Waals surface area contributed by atoms with Crippen LogP contribution >= 0.6 is 11.5 Å². The first-order valence-corrected chi connectivity index (χ1v) is 11.7. The van der Waals surface area contributed by atoms with E-state index in [2.05, 4.69) is 52.3 Å². The van der Waals surface area contributed by atoms with E-state index < -0.39 is 0 Å². The van der Waals surface area contributed by atoms with Gasteiger partial charge in [-0.1, -0.05) is 37.3 Å². The number of amides is 1. The molecule has 0 aliphatic carbocycles. The Kier molecular flexibility index (Phi) is 5.44. The smallest absolute Gasteiger partial charge is 0.222 e. The molecule has 1 saturated heterocycles. The molecular weight excluding hydrogens is 392 g/mol. The topological polar surface area (TPSA) is 39.7 Å². The summed E-state index contributed by atoms with van der Waals surface area (Å²) in [5.41, 5.74) is 4.02. The highest BCUT2D eigenvalue weighted by atomic mass is 32.1. The predicted octanol–water partition coefficient (Wildman–Crippen LogP) is 3.91. The van der Waals surface area contributed by atoms with Gasteiger partial charge in [-0.15, -0.1) is 0 Å². The number of rotatable bonds is 5. The van der Waals surface area contributed by atoms with Crippen LogP contribution in [0.2, 0.25) is 0 Å². The Morgan fingerprint density at radius 1 is 1.03 bits per heavy atom. The van der Waals surface area contributed by atoms with Gasteiger partial charge < -0.3 is 9.80 Å². The van der Waals surface area contributed by atoms with Crippen LogP contribution in [0.1, 0.15) is 30.0 Å². The lowest BCUT2D eigenvalue weighted by atomic mass is 10.0. The number of fused-ring (bicyclic) bond motifs is 2. The summed E-state index contributed by atoms with van der Waals surface area (Å²) in [6.45, 7) is 8.80. The van der Waals surface area contributed by atoms with Crippen LogP contribution in [0.4, 0.5) is 5.82 Å². The Morgan fingerprint density at radius 3 is 2.67 bits per heavy atom. The molecule has 0 radical (unpaired) electrons. The van der Waals surface area contributed by atoms with Gasteiger partial charge in [-0.2, -0.15) is 4.37 Å². The summed E-state index contributed by atoms with van der Waals surface area (Å²) in [6, 6.07) is 15.3. The predicted molar refractivity (Wildman–Crippen MR) is 123 cm³/mol. The van der Waals surface area contributed by atoms with Gasteiger partial charge in [0.15, 0.2) is 0 Å². The molecule has 1 fully saturated rings. The maximum absolute atomic E-state index is 12.0. The maximum Gasteiger partial charge on any atom is 0.222 e. The third-order valence-corrected chi connectivity index (χ3v) is 7.21. The van der Waals surface area contributed by atoms with Gasteiger partial charge >= 0.3 is 0 Å². The minimum Gasteiger partial charge on any atom is -0.353 e. The van der Waals surface area contributed by atoms with Crippen molar-refractivity contribution in [3.8, 4) is 0 Å².